The van der Waals surface area contributed by atoms with Gasteiger partial charge < -0.3 is 5.73 Å². The number of amides is 1. The van der Waals surface area contributed by atoms with Gasteiger partial charge >= 0.3 is 0 Å². The molecule has 1 amide bonds. The Hall–Kier alpha value is -1.28. The van der Waals surface area contributed by atoms with Crippen LogP contribution in [0.4, 0.5) is 0 Å². The SMILES string of the molecule is CCC\C=C(C(N)=O)/C(/C=C(\C)CC)=C/C=C(\C)Cl. The molecule has 0 fully saturated rings. The summed E-state index contributed by atoms with van der Waals surface area (Å²) in [4.78, 5) is 11.6. The molecule has 0 aliphatic rings. The van der Waals surface area contributed by atoms with Gasteiger partial charge in [0.1, 0.15) is 0 Å². The summed E-state index contributed by atoms with van der Waals surface area (Å²) in [6.45, 7) is 7.97. The molecule has 0 aromatic heterocycles. The summed E-state index contributed by atoms with van der Waals surface area (Å²) in [5.74, 6) is -0.402. The largest absolute Gasteiger partial charge is 0.366 e. The molecular weight excluding hydrogens is 258 g/mol. The van der Waals surface area contributed by atoms with Crippen molar-refractivity contribution in [2.75, 3.05) is 0 Å². The Bertz CT molecular complexity index is 424. The number of halogens is 1. The van der Waals surface area contributed by atoms with Gasteiger partial charge in [-0.25, -0.2) is 0 Å². The molecule has 0 aromatic rings. The molecule has 0 bridgehead atoms. The van der Waals surface area contributed by atoms with Gasteiger partial charge in [-0.3, -0.25) is 4.79 Å². The van der Waals surface area contributed by atoms with Crippen LogP contribution in [0.2, 0.25) is 0 Å². The number of unbranched alkanes of at least 4 members (excludes halogenated alkanes) is 1. The van der Waals surface area contributed by atoms with Crippen LogP contribution in [0.1, 0.15) is 47.0 Å². The summed E-state index contributed by atoms with van der Waals surface area (Å²) in [6, 6.07) is 0. The molecule has 0 saturated heterocycles. The number of allylic oxidation sites excluding steroid dienone is 6. The van der Waals surface area contributed by atoms with E-state index in [2.05, 4.69) is 13.8 Å². The van der Waals surface area contributed by atoms with Crippen LogP contribution in [-0.2, 0) is 4.79 Å². The van der Waals surface area contributed by atoms with E-state index in [0.29, 0.717) is 10.6 Å². The van der Waals surface area contributed by atoms with Crippen LogP contribution < -0.4 is 5.73 Å². The first-order valence-electron chi connectivity index (χ1n) is 6.63. The van der Waals surface area contributed by atoms with Crippen LogP contribution in [0.25, 0.3) is 0 Å². The van der Waals surface area contributed by atoms with Gasteiger partial charge in [0, 0.05) is 10.6 Å². The normalized spacial score (nSPS) is 14.8. The molecule has 0 aromatic carbocycles. The highest BCUT2D eigenvalue weighted by atomic mass is 35.5. The quantitative estimate of drug-likeness (QED) is 0.537. The van der Waals surface area contributed by atoms with E-state index >= 15 is 0 Å². The Morgan fingerprint density at radius 2 is 1.84 bits per heavy atom. The van der Waals surface area contributed by atoms with Crippen molar-refractivity contribution in [2.45, 2.75) is 47.0 Å². The molecule has 0 aliphatic carbocycles. The lowest BCUT2D eigenvalue weighted by molar-refractivity contribution is -0.114. The zero-order chi connectivity index (χ0) is 14.8. The summed E-state index contributed by atoms with van der Waals surface area (Å²) in [6.07, 6.45) is 10.2. The van der Waals surface area contributed by atoms with Gasteiger partial charge in [-0.2, -0.15) is 0 Å². The monoisotopic (exact) mass is 281 g/mol. The molecule has 2 nitrogen and oxygen atoms in total. The van der Waals surface area contributed by atoms with Crippen molar-refractivity contribution in [2.24, 2.45) is 5.73 Å². The zero-order valence-electron chi connectivity index (χ0n) is 12.3. The van der Waals surface area contributed by atoms with Gasteiger partial charge in [0.15, 0.2) is 0 Å². The molecule has 0 aliphatic heterocycles. The fourth-order valence-electron chi connectivity index (χ4n) is 1.44. The minimum Gasteiger partial charge on any atom is -0.366 e. The Kier molecular flexibility index (Phi) is 8.98. The van der Waals surface area contributed by atoms with E-state index in [1.165, 1.54) is 5.57 Å². The molecule has 2 N–H and O–H groups in total. The van der Waals surface area contributed by atoms with Crippen molar-refractivity contribution in [3.63, 3.8) is 0 Å². The number of nitrogens with two attached hydrogens (primary N) is 1. The second-order valence-electron chi connectivity index (χ2n) is 4.49. The summed E-state index contributed by atoms with van der Waals surface area (Å²) in [7, 11) is 0. The van der Waals surface area contributed by atoms with Crippen molar-refractivity contribution in [3.05, 3.63) is 46.1 Å². The van der Waals surface area contributed by atoms with Crippen LogP contribution in [0.5, 0.6) is 0 Å². The molecule has 0 spiro atoms. The summed E-state index contributed by atoms with van der Waals surface area (Å²) >= 11 is 5.84. The number of hydrogen-bond acceptors (Lipinski definition) is 1. The second-order valence-corrected chi connectivity index (χ2v) is 5.09. The topological polar surface area (TPSA) is 43.1 Å². The van der Waals surface area contributed by atoms with Gasteiger partial charge in [0.2, 0.25) is 5.91 Å². The first-order valence-corrected chi connectivity index (χ1v) is 7.01. The molecule has 0 rings (SSSR count). The summed E-state index contributed by atoms with van der Waals surface area (Å²) in [5.41, 5.74) is 8.04. The predicted molar refractivity (Wildman–Crippen MR) is 83.9 cm³/mol. The van der Waals surface area contributed by atoms with E-state index in [9.17, 15) is 4.79 Å². The molecule has 0 saturated carbocycles. The van der Waals surface area contributed by atoms with E-state index < -0.39 is 5.91 Å². The van der Waals surface area contributed by atoms with E-state index in [1.807, 2.05) is 25.2 Å². The fourth-order valence-corrected chi connectivity index (χ4v) is 1.50. The number of carbonyl (C=O) groups excluding carboxylic acids is 1. The smallest absolute Gasteiger partial charge is 0.248 e. The lowest BCUT2D eigenvalue weighted by Crippen LogP contribution is -2.15. The van der Waals surface area contributed by atoms with Crippen LogP contribution in [0, 0.1) is 0 Å². The lowest BCUT2D eigenvalue weighted by atomic mass is 10.00. The van der Waals surface area contributed by atoms with Gasteiger partial charge in [0.25, 0.3) is 0 Å². The Morgan fingerprint density at radius 1 is 1.21 bits per heavy atom. The average molecular weight is 282 g/mol. The summed E-state index contributed by atoms with van der Waals surface area (Å²) in [5, 5.41) is 0.666. The van der Waals surface area contributed by atoms with Gasteiger partial charge in [-0.1, -0.05) is 55.7 Å². The molecule has 3 heteroatoms. The lowest BCUT2D eigenvalue weighted by Gasteiger charge is -2.06. The average Bonchev–Trinajstić information content (AvgIpc) is 2.35. The molecule has 19 heavy (non-hydrogen) atoms. The highest BCUT2D eigenvalue weighted by molar-refractivity contribution is 6.29. The summed E-state index contributed by atoms with van der Waals surface area (Å²) < 4.78 is 0. The van der Waals surface area contributed by atoms with Gasteiger partial charge in [-0.05, 0) is 38.3 Å². The third kappa shape index (κ3) is 7.68. The van der Waals surface area contributed by atoms with Crippen molar-refractivity contribution in [3.8, 4) is 0 Å². The number of rotatable bonds is 7. The highest BCUT2D eigenvalue weighted by Gasteiger charge is 2.08. The first kappa shape index (κ1) is 17.7. The fraction of sp³-hybridized carbons (Fsp3) is 0.438. The minimum absolute atomic E-state index is 0.402. The van der Waals surface area contributed by atoms with Crippen molar-refractivity contribution >= 4 is 17.5 Å². The third-order valence-electron chi connectivity index (χ3n) is 2.67. The Morgan fingerprint density at radius 3 is 2.26 bits per heavy atom. The Balaban J connectivity index is 5.60. The molecule has 0 radical (unpaired) electrons. The third-order valence-corrected chi connectivity index (χ3v) is 2.79. The van der Waals surface area contributed by atoms with Crippen LogP contribution in [-0.4, -0.2) is 5.91 Å². The molecule has 106 valence electrons. The van der Waals surface area contributed by atoms with Crippen LogP contribution in [0.3, 0.4) is 0 Å². The molecule has 0 heterocycles. The zero-order valence-corrected chi connectivity index (χ0v) is 13.1. The second kappa shape index (κ2) is 9.62. The van der Waals surface area contributed by atoms with E-state index in [1.54, 1.807) is 13.0 Å². The molecule has 0 atom stereocenters. The standard InChI is InChI=1S/C16H24ClNO/c1-5-7-8-15(16(18)19)14(10-9-13(4)17)11-12(3)6-2/h8-11H,5-7H2,1-4H3,(H2,18,19)/b12-11+,13-9+,14-10+,15-8+. The van der Waals surface area contributed by atoms with Crippen LogP contribution >= 0.6 is 11.6 Å². The maximum atomic E-state index is 11.6. The highest BCUT2D eigenvalue weighted by Crippen LogP contribution is 2.17. The maximum Gasteiger partial charge on any atom is 0.248 e. The van der Waals surface area contributed by atoms with Crippen molar-refractivity contribution in [1.82, 2.24) is 0 Å². The van der Waals surface area contributed by atoms with E-state index in [4.69, 9.17) is 17.3 Å². The first-order chi connectivity index (χ1) is 8.92. The number of hydrogen-bond donors (Lipinski definition) is 1. The van der Waals surface area contributed by atoms with Gasteiger partial charge in [0.05, 0.1) is 0 Å². The molecule has 0 unspecified atom stereocenters. The number of primary amides is 1. The maximum absolute atomic E-state index is 11.6. The van der Waals surface area contributed by atoms with Crippen LogP contribution in [0.15, 0.2) is 46.1 Å². The predicted octanol–water partition coefficient (Wildman–Crippen LogP) is 4.62. The number of carbonyl (C=O) groups is 1. The van der Waals surface area contributed by atoms with Crippen molar-refractivity contribution < 1.29 is 4.79 Å². The van der Waals surface area contributed by atoms with Gasteiger partial charge in [-0.15, -0.1) is 0 Å². The van der Waals surface area contributed by atoms with E-state index in [0.717, 1.165) is 24.8 Å². The van der Waals surface area contributed by atoms with E-state index in [-0.39, 0.29) is 0 Å². The minimum atomic E-state index is -0.402. The molecular formula is C16H24ClNO. The Labute approximate surface area is 121 Å². The van der Waals surface area contributed by atoms with Crippen molar-refractivity contribution in [1.29, 1.82) is 0 Å².